The van der Waals surface area contributed by atoms with E-state index >= 15 is 0 Å². The predicted molar refractivity (Wildman–Crippen MR) is 94.3 cm³/mol. The smallest absolute Gasteiger partial charge is 0.188 e. The lowest BCUT2D eigenvalue weighted by Gasteiger charge is -2.22. The van der Waals surface area contributed by atoms with Gasteiger partial charge in [-0.1, -0.05) is 26.2 Å². The average molecular weight is 382 g/mol. The summed E-state index contributed by atoms with van der Waals surface area (Å²) in [5.74, 6) is 0.600. The van der Waals surface area contributed by atoms with Crippen molar-refractivity contribution in [1.29, 1.82) is 0 Å². The molecule has 0 amide bonds. The summed E-state index contributed by atoms with van der Waals surface area (Å²) in [6, 6.07) is 1.27. The van der Waals surface area contributed by atoms with Gasteiger partial charge in [0, 0.05) is 18.6 Å². The molecule has 4 nitrogen and oxygen atoms in total. The Balaban J connectivity index is 0.00000324. The van der Waals surface area contributed by atoms with Gasteiger partial charge >= 0.3 is 0 Å². The van der Waals surface area contributed by atoms with E-state index in [9.17, 15) is 0 Å². The second-order valence-corrected chi connectivity index (χ2v) is 5.46. The van der Waals surface area contributed by atoms with E-state index < -0.39 is 0 Å². The van der Waals surface area contributed by atoms with Crippen LogP contribution in [0.4, 0.5) is 0 Å². The number of aliphatic imine (C=N–C) groups is 1. The van der Waals surface area contributed by atoms with Crippen molar-refractivity contribution in [2.75, 3.05) is 20.1 Å². The van der Waals surface area contributed by atoms with Crippen molar-refractivity contribution in [1.82, 2.24) is 10.2 Å². The highest BCUT2D eigenvalue weighted by Crippen LogP contribution is 2.26. The zero-order chi connectivity index (χ0) is 13.4. The van der Waals surface area contributed by atoms with Crippen molar-refractivity contribution in [3.63, 3.8) is 0 Å². The van der Waals surface area contributed by atoms with E-state index in [-0.39, 0.29) is 24.0 Å². The zero-order valence-corrected chi connectivity index (χ0v) is 15.0. The number of guanidine groups is 1. The normalized spacial score (nSPS) is 17.2. The van der Waals surface area contributed by atoms with Crippen molar-refractivity contribution < 1.29 is 0 Å². The van der Waals surface area contributed by atoms with Gasteiger partial charge < -0.3 is 11.1 Å². The van der Waals surface area contributed by atoms with Crippen molar-refractivity contribution >= 4 is 29.9 Å². The summed E-state index contributed by atoms with van der Waals surface area (Å²) in [4.78, 5) is 6.83. The standard InChI is InChI=1S/C14H30N4.HI/c1-4-5-6-7-10-16-14(15)17-11-12(2)18(3)13-8-9-13;/h12-13H,4-11H2,1-3H3,(H3,15,16,17);1H. The van der Waals surface area contributed by atoms with E-state index in [1.54, 1.807) is 0 Å². The number of nitrogens with zero attached hydrogens (tertiary/aromatic N) is 2. The van der Waals surface area contributed by atoms with Gasteiger partial charge in [-0.05, 0) is 33.2 Å². The molecule has 0 aromatic carbocycles. The van der Waals surface area contributed by atoms with E-state index in [1.165, 1.54) is 38.5 Å². The molecule has 1 fully saturated rings. The highest BCUT2D eigenvalue weighted by Gasteiger charge is 2.28. The number of hydrogen-bond acceptors (Lipinski definition) is 2. The summed E-state index contributed by atoms with van der Waals surface area (Å²) in [5, 5.41) is 3.19. The van der Waals surface area contributed by atoms with Crippen LogP contribution in [0.1, 0.15) is 52.4 Å². The number of halogens is 1. The molecule has 0 heterocycles. The number of rotatable bonds is 9. The third kappa shape index (κ3) is 8.68. The molecular weight excluding hydrogens is 351 g/mol. The number of likely N-dealkylation sites (N-methyl/N-ethyl adjacent to an activating group) is 1. The van der Waals surface area contributed by atoms with Crippen molar-refractivity contribution in [2.45, 2.75) is 64.5 Å². The molecular formula is C14H31IN4. The van der Waals surface area contributed by atoms with Gasteiger partial charge in [-0.3, -0.25) is 9.89 Å². The van der Waals surface area contributed by atoms with Crippen LogP contribution in [0.15, 0.2) is 4.99 Å². The Morgan fingerprint density at radius 2 is 2.05 bits per heavy atom. The minimum atomic E-state index is 0. The van der Waals surface area contributed by atoms with Gasteiger partial charge in [0.1, 0.15) is 0 Å². The maximum atomic E-state index is 5.85. The molecule has 1 aliphatic carbocycles. The molecule has 0 bridgehead atoms. The molecule has 3 N–H and O–H groups in total. The van der Waals surface area contributed by atoms with Crippen molar-refractivity contribution in [3.05, 3.63) is 0 Å². The molecule has 1 rings (SSSR count). The molecule has 5 heteroatoms. The lowest BCUT2D eigenvalue weighted by molar-refractivity contribution is 0.253. The Labute approximate surface area is 135 Å². The Morgan fingerprint density at radius 1 is 1.37 bits per heavy atom. The third-order valence-corrected chi connectivity index (χ3v) is 3.68. The van der Waals surface area contributed by atoms with Gasteiger partial charge in [-0.2, -0.15) is 0 Å². The summed E-state index contributed by atoms with van der Waals surface area (Å²) in [7, 11) is 2.19. The fourth-order valence-electron chi connectivity index (χ4n) is 2.03. The van der Waals surface area contributed by atoms with Crippen LogP contribution in [-0.4, -0.2) is 43.1 Å². The molecule has 0 aliphatic heterocycles. The highest BCUT2D eigenvalue weighted by atomic mass is 127. The fraction of sp³-hybridized carbons (Fsp3) is 0.929. The largest absolute Gasteiger partial charge is 0.370 e. The molecule has 0 radical (unpaired) electrons. The summed E-state index contributed by atoms with van der Waals surface area (Å²) in [6.45, 7) is 6.18. The Hall–Kier alpha value is -0.0400. The molecule has 0 aromatic heterocycles. The molecule has 1 atom stereocenters. The SMILES string of the molecule is CCCCCCNC(N)=NCC(C)N(C)C1CC1.I. The number of hydrogen-bond donors (Lipinski definition) is 2. The zero-order valence-electron chi connectivity index (χ0n) is 12.7. The maximum Gasteiger partial charge on any atom is 0.188 e. The molecule has 0 spiro atoms. The summed E-state index contributed by atoms with van der Waals surface area (Å²) in [6.07, 6.45) is 7.72. The summed E-state index contributed by atoms with van der Waals surface area (Å²) in [5.41, 5.74) is 5.85. The van der Waals surface area contributed by atoms with Crippen molar-refractivity contribution in [3.8, 4) is 0 Å². The molecule has 19 heavy (non-hydrogen) atoms. The van der Waals surface area contributed by atoms with Crippen LogP contribution in [0.2, 0.25) is 0 Å². The molecule has 1 saturated carbocycles. The second kappa shape index (κ2) is 10.7. The van der Waals surface area contributed by atoms with E-state index in [1.807, 2.05) is 0 Å². The molecule has 1 unspecified atom stereocenters. The second-order valence-electron chi connectivity index (χ2n) is 5.46. The van der Waals surface area contributed by atoms with Crippen molar-refractivity contribution in [2.24, 2.45) is 10.7 Å². The quantitative estimate of drug-likeness (QED) is 0.279. The first-order chi connectivity index (χ1) is 8.65. The van der Waals surface area contributed by atoms with Crippen LogP contribution < -0.4 is 11.1 Å². The molecule has 114 valence electrons. The van der Waals surface area contributed by atoms with Crippen LogP contribution in [-0.2, 0) is 0 Å². The number of nitrogens with two attached hydrogens (primary N) is 1. The van der Waals surface area contributed by atoms with E-state index in [4.69, 9.17) is 5.73 Å². The van der Waals surface area contributed by atoms with Gasteiger partial charge in [-0.25, -0.2) is 0 Å². The molecule has 0 saturated heterocycles. The van der Waals surface area contributed by atoms with Crippen LogP contribution >= 0.6 is 24.0 Å². The maximum absolute atomic E-state index is 5.85. The molecule has 1 aliphatic rings. The van der Waals surface area contributed by atoms with Gasteiger partial charge in [0.2, 0.25) is 0 Å². The first kappa shape index (κ1) is 19.0. The first-order valence-corrected chi connectivity index (χ1v) is 7.40. The van der Waals surface area contributed by atoms with Crippen LogP contribution in [0.3, 0.4) is 0 Å². The Kier molecular flexibility index (Phi) is 10.7. The van der Waals surface area contributed by atoms with Crippen LogP contribution in [0.25, 0.3) is 0 Å². The number of nitrogens with one attached hydrogen (secondary N) is 1. The Bertz CT molecular complexity index is 254. The molecule has 0 aromatic rings. The fourth-order valence-corrected chi connectivity index (χ4v) is 2.03. The van der Waals surface area contributed by atoms with Gasteiger partial charge in [0.15, 0.2) is 5.96 Å². The van der Waals surface area contributed by atoms with Gasteiger partial charge in [-0.15, -0.1) is 24.0 Å². The predicted octanol–water partition coefficient (Wildman–Crippen LogP) is 2.57. The summed E-state index contributed by atoms with van der Waals surface area (Å²) >= 11 is 0. The van der Waals surface area contributed by atoms with Crippen LogP contribution in [0, 0.1) is 0 Å². The van der Waals surface area contributed by atoms with Gasteiger partial charge in [0.25, 0.3) is 0 Å². The monoisotopic (exact) mass is 382 g/mol. The topological polar surface area (TPSA) is 53.6 Å². The number of unbranched alkanes of at least 4 members (excludes halogenated alkanes) is 3. The van der Waals surface area contributed by atoms with Crippen LogP contribution in [0.5, 0.6) is 0 Å². The average Bonchev–Trinajstić information content (AvgIpc) is 3.19. The van der Waals surface area contributed by atoms with E-state index in [0.29, 0.717) is 12.0 Å². The minimum absolute atomic E-state index is 0. The van der Waals surface area contributed by atoms with Gasteiger partial charge in [0.05, 0.1) is 6.54 Å². The van der Waals surface area contributed by atoms with E-state index in [2.05, 4.69) is 36.1 Å². The lowest BCUT2D eigenvalue weighted by Crippen LogP contribution is -2.37. The highest BCUT2D eigenvalue weighted by molar-refractivity contribution is 14.0. The lowest BCUT2D eigenvalue weighted by atomic mass is 10.2. The summed E-state index contributed by atoms with van der Waals surface area (Å²) < 4.78 is 0. The third-order valence-electron chi connectivity index (χ3n) is 3.68. The van der Waals surface area contributed by atoms with E-state index in [0.717, 1.165) is 19.1 Å². The Morgan fingerprint density at radius 3 is 2.63 bits per heavy atom. The first-order valence-electron chi connectivity index (χ1n) is 7.40. The minimum Gasteiger partial charge on any atom is -0.370 e.